The maximum Gasteiger partial charge on any atom is 0.0771 e. The van der Waals surface area contributed by atoms with Crippen LogP contribution in [0.2, 0.25) is 0 Å². The molecule has 0 amide bonds. The van der Waals surface area contributed by atoms with E-state index < -0.39 is 5.60 Å². The van der Waals surface area contributed by atoms with Gasteiger partial charge in [0.1, 0.15) is 0 Å². The molecule has 1 atom stereocenters. The lowest BCUT2D eigenvalue weighted by molar-refractivity contribution is 0.0446. The lowest BCUT2D eigenvalue weighted by atomic mass is 9.99. The molecule has 2 rings (SSSR count). The van der Waals surface area contributed by atoms with Gasteiger partial charge in [0.25, 0.3) is 0 Å². The molecule has 2 N–H and O–H groups in total. The third kappa shape index (κ3) is 3.30. The van der Waals surface area contributed by atoms with E-state index in [2.05, 4.69) is 36.5 Å². The van der Waals surface area contributed by atoms with E-state index in [4.69, 9.17) is 0 Å². The largest absolute Gasteiger partial charge is 0.389 e. The van der Waals surface area contributed by atoms with Gasteiger partial charge < -0.3 is 10.4 Å². The summed E-state index contributed by atoms with van der Waals surface area (Å²) in [6.45, 7) is 2.91. The van der Waals surface area contributed by atoms with Crippen LogP contribution in [0.5, 0.6) is 0 Å². The molecule has 0 saturated heterocycles. The summed E-state index contributed by atoms with van der Waals surface area (Å²) in [4.78, 5) is 0. The van der Waals surface area contributed by atoms with Gasteiger partial charge in [0.15, 0.2) is 0 Å². The molecule has 2 nitrogen and oxygen atoms in total. The molecular weight excluding hydrogens is 210 g/mol. The van der Waals surface area contributed by atoms with Gasteiger partial charge in [-0.15, -0.1) is 0 Å². The van der Waals surface area contributed by atoms with Crippen LogP contribution in [0, 0.1) is 0 Å². The number of nitrogens with one attached hydrogen (secondary N) is 1. The first kappa shape index (κ1) is 12.6. The van der Waals surface area contributed by atoms with E-state index in [9.17, 15) is 5.11 Å². The van der Waals surface area contributed by atoms with Crippen LogP contribution in [0.4, 0.5) is 0 Å². The quantitative estimate of drug-likeness (QED) is 0.819. The first-order chi connectivity index (χ1) is 8.23. The standard InChI is InChI=1S/C15H23NO/c1-2-14(13-8-4-3-5-9-13)16-12-15(17)10-6-7-11-15/h3-5,8-9,14,16-17H,2,6-7,10-12H2,1H3. The first-order valence-electron chi connectivity index (χ1n) is 6.74. The van der Waals surface area contributed by atoms with Gasteiger partial charge in [0.2, 0.25) is 0 Å². The molecule has 0 bridgehead atoms. The lowest BCUT2D eigenvalue weighted by Gasteiger charge is -2.26. The number of rotatable bonds is 5. The molecule has 0 radical (unpaired) electrons. The van der Waals surface area contributed by atoms with E-state index in [-0.39, 0.29) is 0 Å². The number of hydrogen-bond donors (Lipinski definition) is 2. The van der Waals surface area contributed by atoms with Gasteiger partial charge in [-0.3, -0.25) is 0 Å². The van der Waals surface area contributed by atoms with Crippen LogP contribution in [0.15, 0.2) is 30.3 Å². The van der Waals surface area contributed by atoms with Crippen LogP contribution >= 0.6 is 0 Å². The minimum Gasteiger partial charge on any atom is -0.389 e. The summed E-state index contributed by atoms with van der Waals surface area (Å²) in [7, 11) is 0. The molecule has 0 spiro atoms. The van der Waals surface area contributed by atoms with Crippen molar-refractivity contribution >= 4 is 0 Å². The Hall–Kier alpha value is -0.860. The fraction of sp³-hybridized carbons (Fsp3) is 0.600. The van der Waals surface area contributed by atoms with Gasteiger partial charge in [-0.1, -0.05) is 50.1 Å². The van der Waals surface area contributed by atoms with Crippen molar-refractivity contribution in [3.8, 4) is 0 Å². The maximum absolute atomic E-state index is 10.3. The predicted molar refractivity (Wildman–Crippen MR) is 70.9 cm³/mol. The molecule has 1 aliphatic carbocycles. The molecule has 0 aromatic heterocycles. The van der Waals surface area contributed by atoms with Crippen molar-refractivity contribution in [1.29, 1.82) is 0 Å². The van der Waals surface area contributed by atoms with Crippen LogP contribution in [0.1, 0.15) is 50.6 Å². The SMILES string of the molecule is CCC(NCC1(O)CCCC1)c1ccccc1. The van der Waals surface area contributed by atoms with Crippen LogP contribution in [0.3, 0.4) is 0 Å². The van der Waals surface area contributed by atoms with Crippen LogP contribution in [0.25, 0.3) is 0 Å². The Morgan fingerprint density at radius 1 is 1.24 bits per heavy atom. The van der Waals surface area contributed by atoms with Crippen molar-refractivity contribution < 1.29 is 5.11 Å². The Morgan fingerprint density at radius 2 is 1.88 bits per heavy atom. The minimum atomic E-state index is -0.456. The molecule has 1 saturated carbocycles. The third-order valence-corrected chi connectivity index (χ3v) is 3.82. The molecule has 1 aliphatic rings. The highest BCUT2D eigenvalue weighted by molar-refractivity contribution is 5.18. The van der Waals surface area contributed by atoms with Gasteiger partial charge in [0.05, 0.1) is 5.60 Å². The number of hydrogen-bond acceptors (Lipinski definition) is 2. The Kier molecular flexibility index (Phi) is 4.19. The van der Waals surface area contributed by atoms with E-state index >= 15 is 0 Å². The smallest absolute Gasteiger partial charge is 0.0771 e. The second kappa shape index (κ2) is 5.65. The number of aliphatic hydroxyl groups is 1. The summed E-state index contributed by atoms with van der Waals surface area (Å²) in [5.41, 5.74) is 0.860. The molecule has 94 valence electrons. The van der Waals surface area contributed by atoms with Crippen molar-refractivity contribution in [3.05, 3.63) is 35.9 Å². The van der Waals surface area contributed by atoms with Gasteiger partial charge in [-0.05, 0) is 24.8 Å². The molecule has 1 fully saturated rings. The van der Waals surface area contributed by atoms with E-state index in [0.717, 1.165) is 25.8 Å². The maximum atomic E-state index is 10.3. The van der Waals surface area contributed by atoms with Crippen LogP contribution < -0.4 is 5.32 Å². The third-order valence-electron chi connectivity index (χ3n) is 3.82. The zero-order chi connectivity index (χ0) is 12.1. The van der Waals surface area contributed by atoms with E-state index in [1.54, 1.807) is 0 Å². The average Bonchev–Trinajstić information content (AvgIpc) is 2.79. The van der Waals surface area contributed by atoms with Gasteiger partial charge in [-0.25, -0.2) is 0 Å². The number of benzene rings is 1. The van der Waals surface area contributed by atoms with Crippen molar-refractivity contribution in [3.63, 3.8) is 0 Å². The predicted octanol–water partition coefficient (Wildman–Crippen LogP) is 3.03. The molecule has 0 heterocycles. The topological polar surface area (TPSA) is 32.3 Å². The molecule has 1 unspecified atom stereocenters. The second-order valence-corrected chi connectivity index (χ2v) is 5.18. The molecular formula is C15H23NO. The fourth-order valence-corrected chi connectivity index (χ4v) is 2.71. The van der Waals surface area contributed by atoms with Gasteiger partial charge in [0, 0.05) is 12.6 Å². The normalized spacial score (nSPS) is 20.4. The summed E-state index contributed by atoms with van der Waals surface area (Å²) in [5.74, 6) is 0. The van der Waals surface area contributed by atoms with Crippen LogP contribution in [-0.4, -0.2) is 17.3 Å². The molecule has 17 heavy (non-hydrogen) atoms. The van der Waals surface area contributed by atoms with Crippen molar-refractivity contribution in [2.75, 3.05) is 6.54 Å². The van der Waals surface area contributed by atoms with Gasteiger partial charge >= 0.3 is 0 Å². The molecule has 1 aromatic rings. The van der Waals surface area contributed by atoms with E-state index in [1.165, 1.54) is 18.4 Å². The van der Waals surface area contributed by atoms with Crippen molar-refractivity contribution in [2.24, 2.45) is 0 Å². The molecule has 0 aliphatic heterocycles. The minimum absolute atomic E-state index is 0.362. The van der Waals surface area contributed by atoms with E-state index in [0.29, 0.717) is 6.04 Å². The zero-order valence-corrected chi connectivity index (χ0v) is 10.7. The second-order valence-electron chi connectivity index (χ2n) is 5.18. The summed E-state index contributed by atoms with van der Waals surface area (Å²) < 4.78 is 0. The Morgan fingerprint density at radius 3 is 2.47 bits per heavy atom. The zero-order valence-electron chi connectivity index (χ0n) is 10.7. The Balaban J connectivity index is 1.92. The Labute approximate surface area is 104 Å². The fourth-order valence-electron chi connectivity index (χ4n) is 2.71. The summed E-state index contributed by atoms with van der Waals surface area (Å²) in [6.07, 6.45) is 5.29. The summed E-state index contributed by atoms with van der Waals surface area (Å²) >= 11 is 0. The lowest BCUT2D eigenvalue weighted by Crippen LogP contribution is -2.39. The average molecular weight is 233 g/mol. The van der Waals surface area contributed by atoms with Crippen LogP contribution in [-0.2, 0) is 0 Å². The summed E-state index contributed by atoms with van der Waals surface area (Å²) in [6, 6.07) is 10.9. The Bertz CT molecular complexity index is 330. The van der Waals surface area contributed by atoms with Gasteiger partial charge in [-0.2, -0.15) is 0 Å². The van der Waals surface area contributed by atoms with E-state index in [1.807, 2.05) is 6.07 Å². The first-order valence-corrected chi connectivity index (χ1v) is 6.74. The highest BCUT2D eigenvalue weighted by Crippen LogP contribution is 2.29. The highest BCUT2D eigenvalue weighted by Gasteiger charge is 2.31. The molecule has 2 heteroatoms. The van der Waals surface area contributed by atoms with Crippen molar-refractivity contribution in [1.82, 2.24) is 5.32 Å². The highest BCUT2D eigenvalue weighted by atomic mass is 16.3. The molecule has 1 aromatic carbocycles. The van der Waals surface area contributed by atoms with Crippen molar-refractivity contribution in [2.45, 2.75) is 50.7 Å². The summed E-state index contributed by atoms with van der Waals surface area (Å²) in [5, 5.41) is 13.8. The monoisotopic (exact) mass is 233 g/mol.